The summed E-state index contributed by atoms with van der Waals surface area (Å²) in [5.74, 6) is -0.619. The number of nitrogens with one attached hydrogen (secondary N) is 2. The van der Waals surface area contributed by atoms with Crippen LogP contribution in [0.5, 0.6) is 0 Å². The molecule has 3 rings (SSSR count). The predicted molar refractivity (Wildman–Crippen MR) is 99.2 cm³/mol. The lowest BCUT2D eigenvalue weighted by atomic mass is 10.1. The molecule has 6 heteroatoms. The number of carbonyl (C=O) groups is 3. The van der Waals surface area contributed by atoms with Crippen molar-refractivity contribution in [2.75, 3.05) is 11.9 Å². The Kier molecular flexibility index (Phi) is 5.02. The Bertz CT molecular complexity index is 847. The lowest BCUT2D eigenvalue weighted by Crippen LogP contribution is -2.35. The van der Waals surface area contributed by atoms with Crippen LogP contribution in [0.3, 0.4) is 0 Å². The molecular weight excluding hydrogens is 330 g/mol. The van der Waals surface area contributed by atoms with E-state index in [2.05, 4.69) is 10.6 Å². The van der Waals surface area contributed by atoms with E-state index in [1.807, 2.05) is 30.3 Å². The van der Waals surface area contributed by atoms with Crippen molar-refractivity contribution in [1.82, 2.24) is 10.2 Å². The van der Waals surface area contributed by atoms with Crippen molar-refractivity contribution >= 4 is 23.5 Å². The average molecular weight is 351 g/mol. The van der Waals surface area contributed by atoms with Crippen LogP contribution in [0.15, 0.2) is 48.5 Å². The maximum absolute atomic E-state index is 12.4. The number of fused-ring (bicyclic) bond motifs is 1. The van der Waals surface area contributed by atoms with Gasteiger partial charge in [0, 0.05) is 18.3 Å². The Labute approximate surface area is 152 Å². The van der Waals surface area contributed by atoms with Gasteiger partial charge in [0.05, 0.1) is 11.1 Å². The van der Waals surface area contributed by atoms with Gasteiger partial charge in [-0.05, 0) is 44.0 Å². The molecule has 0 spiro atoms. The molecule has 0 saturated heterocycles. The summed E-state index contributed by atoms with van der Waals surface area (Å²) < 4.78 is 0. The van der Waals surface area contributed by atoms with Crippen LogP contribution in [0.1, 0.15) is 40.1 Å². The normalized spacial score (nSPS) is 13.1. The summed E-state index contributed by atoms with van der Waals surface area (Å²) in [6.07, 6.45) is 0.731. The van der Waals surface area contributed by atoms with Crippen LogP contribution in [0, 0.1) is 0 Å². The summed E-state index contributed by atoms with van der Waals surface area (Å²) in [6.45, 7) is 4.08. The highest BCUT2D eigenvalue weighted by Gasteiger charge is 2.37. The predicted octanol–water partition coefficient (Wildman–Crippen LogP) is 3.06. The van der Waals surface area contributed by atoms with Crippen LogP contribution < -0.4 is 10.6 Å². The summed E-state index contributed by atoms with van der Waals surface area (Å²) in [6, 6.07) is 14.1. The van der Waals surface area contributed by atoms with Gasteiger partial charge in [-0.1, -0.05) is 30.3 Å². The Morgan fingerprint density at radius 3 is 2.38 bits per heavy atom. The third-order valence-electron chi connectivity index (χ3n) is 4.23. The van der Waals surface area contributed by atoms with Crippen molar-refractivity contribution in [1.29, 1.82) is 0 Å². The fourth-order valence-corrected chi connectivity index (χ4v) is 2.95. The van der Waals surface area contributed by atoms with Gasteiger partial charge in [-0.15, -0.1) is 0 Å². The molecule has 26 heavy (non-hydrogen) atoms. The molecule has 0 atom stereocenters. The number of benzene rings is 2. The van der Waals surface area contributed by atoms with E-state index in [0.717, 1.165) is 12.0 Å². The molecule has 1 aliphatic heterocycles. The second kappa shape index (κ2) is 7.39. The highest BCUT2D eigenvalue weighted by molar-refractivity contribution is 6.22. The van der Waals surface area contributed by atoms with Crippen LogP contribution in [-0.4, -0.2) is 35.3 Å². The molecule has 0 aromatic heterocycles. The van der Waals surface area contributed by atoms with Gasteiger partial charge in [0.15, 0.2) is 0 Å². The molecule has 0 aliphatic carbocycles. The van der Waals surface area contributed by atoms with Crippen molar-refractivity contribution in [3.05, 3.63) is 65.2 Å². The Hall–Kier alpha value is -3.15. The Morgan fingerprint density at radius 1 is 1.00 bits per heavy atom. The monoisotopic (exact) mass is 351 g/mol. The molecule has 2 N–H and O–H groups in total. The van der Waals surface area contributed by atoms with Gasteiger partial charge < -0.3 is 10.6 Å². The standard InChI is InChI=1S/C20H21N3O3/c1-13(2)23-18(24)16-9-8-15(12-17(16)19(23)25)22-20(26)21-11-10-14-6-4-3-5-7-14/h3-9,12-13H,10-11H2,1-2H3,(H2,21,22,26). The van der Waals surface area contributed by atoms with E-state index >= 15 is 0 Å². The van der Waals surface area contributed by atoms with Gasteiger partial charge in [0.25, 0.3) is 11.8 Å². The number of hydrogen-bond donors (Lipinski definition) is 2. The lowest BCUT2D eigenvalue weighted by Gasteiger charge is -2.17. The van der Waals surface area contributed by atoms with Gasteiger partial charge in [0.2, 0.25) is 0 Å². The molecular formula is C20H21N3O3. The lowest BCUT2D eigenvalue weighted by molar-refractivity contribution is 0.0609. The highest BCUT2D eigenvalue weighted by atomic mass is 16.2. The summed E-state index contributed by atoms with van der Waals surface area (Å²) >= 11 is 0. The number of carbonyl (C=O) groups excluding carboxylic acids is 3. The van der Waals surface area contributed by atoms with Crippen molar-refractivity contribution in [2.45, 2.75) is 26.3 Å². The van der Waals surface area contributed by atoms with E-state index < -0.39 is 0 Å². The third kappa shape index (κ3) is 3.59. The van der Waals surface area contributed by atoms with Crippen molar-refractivity contribution < 1.29 is 14.4 Å². The smallest absolute Gasteiger partial charge is 0.319 e. The van der Waals surface area contributed by atoms with Gasteiger partial charge in [0.1, 0.15) is 0 Å². The first-order chi connectivity index (χ1) is 12.5. The van der Waals surface area contributed by atoms with Gasteiger partial charge in [-0.3, -0.25) is 14.5 Å². The number of rotatable bonds is 5. The first-order valence-corrected chi connectivity index (χ1v) is 8.58. The fraction of sp³-hybridized carbons (Fsp3) is 0.250. The van der Waals surface area contributed by atoms with E-state index in [-0.39, 0.29) is 23.9 Å². The van der Waals surface area contributed by atoms with E-state index in [9.17, 15) is 14.4 Å². The van der Waals surface area contributed by atoms with Crippen LogP contribution in [-0.2, 0) is 6.42 Å². The second-order valence-electron chi connectivity index (χ2n) is 6.45. The molecule has 2 aromatic rings. The first kappa shape index (κ1) is 17.7. The molecule has 0 unspecified atom stereocenters. The minimum Gasteiger partial charge on any atom is -0.338 e. The molecule has 0 bridgehead atoms. The number of hydrogen-bond acceptors (Lipinski definition) is 3. The molecule has 0 saturated carbocycles. The zero-order valence-electron chi connectivity index (χ0n) is 14.8. The van der Waals surface area contributed by atoms with E-state index in [1.165, 1.54) is 4.90 Å². The molecule has 1 heterocycles. The topological polar surface area (TPSA) is 78.5 Å². The molecule has 0 radical (unpaired) electrons. The van der Waals surface area contributed by atoms with Crippen molar-refractivity contribution in [3.63, 3.8) is 0 Å². The van der Waals surface area contributed by atoms with Crippen LogP contribution in [0.2, 0.25) is 0 Å². The number of anilines is 1. The zero-order valence-corrected chi connectivity index (χ0v) is 14.8. The molecule has 0 fully saturated rings. The summed E-state index contributed by atoms with van der Waals surface area (Å²) in [5.41, 5.74) is 2.32. The highest BCUT2D eigenvalue weighted by Crippen LogP contribution is 2.27. The van der Waals surface area contributed by atoms with Crippen LogP contribution in [0.25, 0.3) is 0 Å². The van der Waals surface area contributed by atoms with E-state index in [0.29, 0.717) is 23.4 Å². The van der Waals surface area contributed by atoms with E-state index in [4.69, 9.17) is 0 Å². The quantitative estimate of drug-likeness (QED) is 0.813. The third-order valence-corrected chi connectivity index (χ3v) is 4.23. The SMILES string of the molecule is CC(C)N1C(=O)c2ccc(NC(=O)NCCc3ccccc3)cc2C1=O. The van der Waals surface area contributed by atoms with Crippen LogP contribution in [0.4, 0.5) is 10.5 Å². The summed E-state index contributed by atoms with van der Waals surface area (Å²) in [4.78, 5) is 37.9. The molecule has 1 aliphatic rings. The average Bonchev–Trinajstić information content (AvgIpc) is 2.86. The first-order valence-electron chi connectivity index (χ1n) is 8.58. The Balaban J connectivity index is 1.61. The maximum Gasteiger partial charge on any atom is 0.319 e. The largest absolute Gasteiger partial charge is 0.338 e. The van der Waals surface area contributed by atoms with Crippen molar-refractivity contribution in [2.24, 2.45) is 0 Å². The molecule has 134 valence electrons. The Morgan fingerprint density at radius 2 is 1.69 bits per heavy atom. The molecule has 2 aromatic carbocycles. The minimum absolute atomic E-state index is 0.208. The van der Waals surface area contributed by atoms with Crippen LogP contribution >= 0.6 is 0 Å². The molecule has 4 amide bonds. The second-order valence-corrected chi connectivity index (χ2v) is 6.45. The summed E-state index contributed by atoms with van der Waals surface area (Å²) in [5, 5.41) is 5.49. The fourth-order valence-electron chi connectivity index (χ4n) is 2.95. The number of urea groups is 1. The van der Waals surface area contributed by atoms with E-state index in [1.54, 1.807) is 32.0 Å². The molecule has 6 nitrogen and oxygen atoms in total. The number of nitrogens with zero attached hydrogens (tertiary/aromatic N) is 1. The van der Waals surface area contributed by atoms with Gasteiger partial charge >= 0.3 is 6.03 Å². The summed E-state index contributed by atoms with van der Waals surface area (Å²) in [7, 11) is 0. The van der Waals surface area contributed by atoms with Gasteiger partial charge in [-0.2, -0.15) is 0 Å². The minimum atomic E-state index is -0.349. The number of imide groups is 1. The number of amides is 4. The van der Waals surface area contributed by atoms with Crippen molar-refractivity contribution in [3.8, 4) is 0 Å². The van der Waals surface area contributed by atoms with Gasteiger partial charge in [-0.25, -0.2) is 4.79 Å². The maximum atomic E-state index is 12.4. The zero-order chi connectivity index (χ0) is 18.7.